The molecule has 1 heterocycles. The number of nitrogens with one attached hydrogen (secondary N) is 2. The molecule has 1 aliphatic carbocycles. The third-order valence-corrected chi connectivity index (χ3v) is 4.31. The Labute approximate surface area is 122 Å². The Morgan fingerprint density at radius 1 is 1.58 bits per heavy atom. The van der Waals surface area contributed by atoms with Crippen LogP contribution in [0.2, 0.25) is 0 Å². The zero-order chi connectivity index (χ0) is 14.0. The van der Waals surface area contributed by atoms with Crippen LogP contribution < -0.4 is 10.6 Å². The van der Waals surface area contributed by atoms with Gasteiger partial charge in [-0.3, -0.25) is 9.48 Å². The highest BCUT2D eigenvalue weighted by Gasteiger charge is 2.25. The van der Waals surface area contributed by atoms with E-state index in [-0.39, 0.29) is 11.9 Å². The molecule has 1 fully saturated rings. The van der Waals surface area contributed by atoms with E-state index < -0.39 is 0 Å². The number of aromatic nitrogens is 2. The third kappa shape index (κ3) is 3.57. The van der Waals surface area contributed by atoms with Gasteiger partial charge in [-0.05, 0) is 42.1 Å². The first-order chi connectivity index (χ1) is 9.02. The molecule has 5 nitrogen and oxygen atoms in total. The number of amides is 1. The molecule has 1 aliphatic rings. The zero-order valence-corrected chi connectivity index (χ0v) is 13.2. The van der Waals surface area contributed by atoms with Crippen LogP contribution in [-0.4, -0.2) is 27.8 Å². The molecule has 0 saturated heterocycles. The SMILES string of the molecule is CCc1nn(C)c(CNC(C)C(=O)NC2CC2)c1Br. The summed E-state index contributed by atoms with van der Waals surface area (Å²) in [5.74, 6) is 0.0801. The van der Waals surface area contributed by atoms with E-state index in [0.717, 1.165) is 35.1 Å². The van der Waals surface area contributed by atoms with E-state index in [4.69, 9.17) is 0 Å². The van der Waals surface area contributed by atoms with Gasteiger partial charge in [-0.2, -0.15) is 5.10 Å². The molecule has 1 unspecified atom stereocenters. The van der Waals surface area contributed by atoms with E-state index in [1.807, 2.05) is 18.7 Å². The van der Waals surface area contributed by atoms with Crippen molar-refractivity contribution in [3.63, 3.8) is 0 Å². The predicted octanol–water partition coefficient (Wildman–Crippen LogP) is 1.50. The second-order valence-electron chi connectivity index (χ2n) is 5.07. The average Bonchev–Trinajstić information content (AvgIpc) is 3.14. The van der Waals surface area contributed by atoms with Crippen LogP contribution >= 0.6 is 15.9 Å². The quantitative estimate of drug-likeness (QED) is 0.832. The highest BCUT2D eigenvalue weighted by atomic mass is 79.9. The summed E-state index contributed by atoms with van der Waals surface area (Å²) in [4.78, 5) is 11.8. The van der Waals surface area contributed by atoms with E-state index >= 15 is 0 Å². The molecule has 1 saturated carbocycles. The van der Waals surface area contributed by atoms with Gasteiger partial charge >= 0.3 is 0 Å². The van der Waals surface area contributed by atoms with Crippen LogP contribution in [0.5, 0.6) is 0 Å². The highest BCUT2D eigenvalue weighted by Crippen LogP contribution is 2.21. The van der Waals surface area contributed by atoms with Crippen molar-refractivity contribution in [1.82, 2.24) is 20.4 Å². The maximum Gasteiger partial charge on any atom is 0.237 e. The van der Waals surface area contributed by atoms with Crippen LogP contribution in [0.25, 0.3) is 0 Å². The number of hydrogen-bond acceptors (Lipinski definition) is 3. The van der Waals surface area contributed by atoms with Crippen LogP contribution in [0.4, 0.5) is 0 Å². The Morgan fingerprint density at radius 3 is 2.79 bits per heavy atom. The molecule has 1 aromatic rings. The molecular weight excluding hydrogens is 308 g/mol. The van der Waals surface area contributed by atoms with E-state index in [0.29, 0.717) is 12.6 Å². The molecular formula is C13H21BrN4O. The summed E-state index contributed by atoms with van der Waals surface area (Å²) in [5.41, 5.74) is 2.12. The fraction of sp³-hybridized carbons (Fsp3) is 0.692. The molecule has 0 spiro atoms. The van der Waals surface area contributed by atoms with Crippen LogP contribution in [0, 0.1) is 0 Å². The minimum Gasteiger partial charge on any atom is -0.352 e. The normalized spacial score (nSPS) is 16.4. The Hall–Kier alpha value is -0.880. The first kappa shape index (κ1) is 14.5. The van der Waals surface area contributed by atoms with Crippen LogP contribution in [0.15, 0.2) is 4.47 Å². The van der Waals surface area contributed by atoms with Crippen molar-refractivity contribution in [1.29, 1.82) is 0 Å². The minimum atomic E-state index is -0.188. The number of aryl methyl sites for hydroxylation is 2. The van der Waals surface area contributed by atoms with Crippen molar-refractivity contribution in [2.75, 3.05) is 0 Å². The summed E-state index contributed by atoms with van der Waals surface area (Å²) in [7, 11) is 1.93. The molecule has 19 heavy (non-hydrogen) atoms. The summed E-state index contributed by atoms with van der Waals surface area (Å²) >= 11 is 3.58. The van der Waals surface area contributed by atoms with Crippen molar-refractivity contribution in [2.24, 2.45) is 7.05 Å². The Kier molecular flexibility index (Phi) is 4.62. The zero-order valence-electron chi connectivity index (χ0n) is 11.7. The van der Waals surface area contributed by atoms with Gasteiger partial charge in [0, 0.05) is 19.6 Å². The lowest BCUT2D eigenvalue weighted by atomic mass is 10.2. The molecule has 1 amide bonds. The van der Waals surface area contributed by atoms with Crippen LogP contribution in [-0.2, 0) is 24.8 Å². The van der Waals surface area contributed by atoms with Crippen molar-refractivity contribution >= 4 is 21.8 Å². The van der Waals surface area contributed by atoms with Gasteiger partial charge < -0.3 is 10.6 Å². The average molecular weight is 329 g/mol. The number of carbonyl (C=O) groups excluding carboxylic acids is 1. The molecule has 6 heteroatoms. The third-order valence-electron chi connectivity index (χ3n) is 3.40. The number of halogens is 1. The number of hydrogen-bond donors (Lipinski definition) is 2. The van der Waals surface area contributed by atoms with Gasteiger partial charge in [0.05, 0.1) is 21.9 Å². The topological polar surface area (TPSA) is 59.0 Å². The lowest BCUT2D eigenvalue weighted by Gasteiger charge is -2.14. The second kappa shape index (κ2) is 6.05. The molecule has 106 valence electrons. The van der Waals surface area contributed by atoms with Gasteiger partial charge in [0.2, 0.25) is 5.91 Å². The predicted molar refractivity (Wildman–Crippen MR) is 77.8 cm³/mol. The standard InChI is InChI=1S/C13H21BrN4O/c1-4-10-12(14)11(18(3)17-10)7-15-8(2)13(19)16-9-5-6-9/h8-9,15H,4-7H2,1-3H3,(H,16,19). The van der Waals surface area contributed by atoms with Gasteiger partial charge in [-0.15, -0.1) is 0 Å². The fourth-order valence-corrected chi connectivity index (χ4v) is 2.66. The minimum absolute atomic E-state index is 0.0801. The van der Waals surface area contributed by atoms with E-state index in [1.54, 1.807) is 0 Å². The second-order valence-corrected chi connectivity index (χ2v) is 5.86. The molecule has 0 aliphatic heterocycles. The summed E-state index contributed by atoms with van der Waals surface area (Å²) in [6.45, 7) is 4.60. The summed E-state index contributed by atoms with van der Waals surface area (Å²) in [5, 5.41) is 10.7. The van der Waals surface area contributed by atoms with E-state index in [1.165, 1.54) is 0 Å². The molecule has 1 atom stereocenters. The number of carbonyl (C=O) groups is 1. The van der Waals surface area contributed by atoms with Crippen molar-refractivity contribution in [3.05, 3.63) is 15.9 Å². The van der Waals surface area contributed by atoms with Gasteiger partial charge in [0.25, 0.3) is 0 Å². The first-order valence-electron chi connectivity index (χ1n) is 6.77. The van der Waals surface area contributed by atoms with Crippen LogP contribution in [0.1, 0.15) is 38.1 Å². The molecule has 0 bridgehead atoms. The first-order valence-corrected chi connectivity index (χ1v) is 7.56. The number of nitrogens with zero attached hydrogens (tertiary/aromatic N) is 2. The van der Waals surface area contributed by atoms with Gasteiger partial charge in [0.1, 0.15) is 0 Å². The molecule has 0 radical (unpaired) electrons. The molecule has 1 aromatic heterocycles. The van der Waals surface area contributed by atoms with Crippen LogP contribution in [0.3, 0.4) is 0 Å². The van der Waals surface area contributed by atoms with E-state index in [9.17, 15) is 4.79 Å². The molecule has 2 N–H and O–H groups in total. The fourth-order valence-electron chi connectivity index (χ4n) is 1.91. The van der Waals surface area contributed by atoms with Crippen molar-refractivity contribution in [3.8, 4) is 0 Å². The summed E-state index contributed by atoms with van der Waals surface area (Å²) in [6, 6.07) is 0.222. The smallest absolute Gasteiger partial charge is 0.237 e. The monoisotopic (exact) mass is 328 g/mol. The maximum atomic E-state index is 11.8. The maximum absolute atomic E-state index is 11.8. The Balaban J connectivity index is 1.90. The largest absolute Gasteiger partial charge is 0.352 e. The Morgan fingerprint density at radius 2 is 2.26 bits per heavy atom. The van der Waals surface area contributed by atoms with E-state index in [2.05, 4.69) is 38.6 Å². The molecule has 2 rings (SSSR count). The van der Waals surface area contributed by atoms with Gasteiger partial charge in [-0.1, -0.05) is 6.92 Å². The Bertz CT molecular complexity index is 467. The van der Waals surface area contributed by atoms with Gasteiger partial charge in [-0.25, -0.2) is 0 Å². The highest BCUT2D eigenvalue weighted by molar-refractivity contribution is 9.10. The van der Waals surface area contributed by atoms with Crippen molar-refractivity contribution in [2.45, 2.75) is 51.7 Å². The summed E-state index contributed by atoms with van der Waals surface area (Å²) in [6.07, 6.45) is 3.13. The summed E-state index contributed by atoms with van der Waals surface area (Å²) < 4.78 is 2.90. The van der Waals surface area contributed by atoms with Gasteiger partial charge in [0.15, 0.2) is 0 Å². The van der Waals surface area contributed by atoms with Crippen molar-refractivity contribution < 1.29 is 4.79 Å². The lowest BCUT2D eigenvalue weighted by Crippen LogP contribution is -2.42. The lowest BCUT2D eigenvalue weighted by molar-refractivity contribution is -0.122. The molecule has 0 aromatic carbocycles. The number of rotatable bonds is 6.